The van der Waals surface area contributed by atoms with Gasteiger partial charge >= 0.3 is 12.2 Å². The molecule has 3 aromatic rings. The Bertz CT molecular complexity index is 1260. The Hall–Kier alpha value is -3.64. The third kappa shape index (κ3) is 6.20. The van der Waals surface area contributed by atoms with Crippen LogP contribution in [0.2, 0.25) is 0 Å². The van der Waals surface area contributed by atoms with Gasteiger partial charge in [-0.15, -0.1) is 11.3 Å². The summed E-state index contributed by atoms with van der Waals surface area (Å²) in [6.07, 6.45) is -2.06. The van der Waals surface area contributed by atoms with Gasteiger partial charge in [-0.2, -0.15) is 18.3 Å². The van der Waals surface area contributed by atoms with Gasteiger partial charge in [0.25, 0.3) is 5.91 Å². The molecule has 1 aliphatic heterocycles. The average Bonchev–Trinajstić information content (AvgIpc) is 3.61. The number of ether oxygens (including phenoxy) is 1. The van der Waals surface area contributed by atoms with Gasteiger partial charge in [0.15, 0.2) is 0 Å². The predicted molar refractivity (Wildman–Crippen MR) is 134 cm³/mol. The number of anilines is 1. The van der Waals surface area contributed by atoms with Gasteiger partial charge in [-0.05, 0) is 47.8 Å². The highest BCUT2D eigenvalue weighted by molar-refractivity contribution is 7.12. The highest BCUT2D eigenvalue weighted by atomic mass is 32.1. The second kappa shape index (κ2) is 11.2. The van der Waals surface area contributed by atoms with Gasteiger partial charge in [-0.1, -0.05) is 6.07 Å². The number of halogens is 3. The number of hydrazone groups is 1. The molecule has 4 rings (SSSR count). The number of benzene rings is 1. The third-order valence-electron chi connectivity index (χ3n) is 5.94. The number of nitrogens with one attached hydrogen (secondary N) is 1. The highest BCUT2D eigenvalue weighted by Gasteiger charge is 2.36. The molecule has 1 N–H and O–H groups in total. The average molecular weight is 534 g/mol. The Morgan fingerprint density at radius 1 is 1.19 bits per heavy atom. The van der Waals surface area contributed by atoms with E-state index in [-0.39, 0.29) is 31.4 Å². The lowest BCUT2D eigenvalue weighted by molar-refractivity contribution is -0.137. The second-order valence-corrected chi connectivity index (χ2v) is 9.39. The van der Waals surface area contributed by atoms with Crippen LogP contribution in [-0.4, -0.2) is 58.9 Å². The molecule has 1 aromatic carbocycles. The molecule has 0 fully saturated rings. The second-order valence-electron chi connectivity index (χ2n) is 8.45. The molecule has 0 spiro atoms. The number of methoxy groups -OCH3 is 1. The summed E-state index contributed by atoms with van der Waals surface area (Å²) in [5.74, 6) is -0.392. The minimum Gasteiger partial charge on any atom is -0.383 e. The number of hydrogen-bond donors (Lipinski definition) is 1. The van der Waals surface area contributed by atoms with Crippen LogP contribution in [0.3, 0.4) is 0 Å². The lowest BCUT2D eigenvalue weighted by atomic mass is 10.1. The van der Waals surface area contributed by atoms with Crippen LogP contribution in [0, 0.1) is 0 Å². The van der Waals surface area contributed by atoms with E-state index < -0.39 is 23.7 Å². The normalized spacial score (nSPS) is 15.5. The van der Waals surface area contributed by atoms with E-state index >= 15 is 0 Å². The molecule has 0 radical (unpaired) electrons. The Balaban J connectivity index is 1.52. The number of amides is 3. The van der Waals surface area contributed by atoms with E-state index in [2.05, 4.69) is 10.4 Å². The van der Waals surface area contributed by atoms with Crippen molar-refractivity contribution in [2.45, 2.75) is 18.6 Å². The van der Waals surface area contributed by atoms with E-state index in [1.54, 1.807) is 0 Å². The number of aromatic nitrogens is 1. The van der Waals surface area contributed by atoms with Gasteiger partial charge in [-0.25, -0.2) is 9.80 Å². The summed E-state index contributed by atoms with van der Waals surface area (Å²) >= 11 is 1.53. The predicted octanol–water partition coefficient (Wildman–Crippen LogP) is 4.96. The van der Waals surface area contributed by atoms with Crippen LogP contribution in [0.25, 0.3) is 0 Å². The first kappa shape index (κ1) is 26.4. The molecule has 0 saturated carbocycles. The zero-order valence-corrected chi connectivity index (χ0v) is 21.1. The van der Waals surface area contributed by atoms with Gasteiger partial charge in [0.1, 0.15) is 12.6 Å². The summed E-state index contributed by atoms with van der Waals surface area (Å²) in [6.45, 7) is -0.0322. The van der Waals surface area contributed by atoms with Crippen molar-refractivity contribution in [3.63, 3.8) is 0 Å². The molecule has 3 heterocycles. The minimum absolute atomic E-state index is 0.0961. The van der Waals surface area contributed by atoms with Crippen LogP contribution in [0.4, 0.5) is 23.7 Å². The van der Waals surface area contributed by atoms with E-state index in [9.17, 15) is 22.8 Å². The molecule has 37 heavy (non-hydrogen) atoms. The summed E-state index contributed by atoms with van der Waals surface area (Å²) in [5.41, 5.74) is 1.04. The largest absolute Gasteiger partial charge is 0.416 e. The van der Waals surface area contributed by atoms with Gasteiger partial charge in [-0.3, -0.25) is 4.79 Å². The lowest BCUT2D eigenvalue weighted by Gasteiger charge is -2.27. The van der Waals surface area contributed by atoms with E-state index in [1.165, 1.54) is 40.5 Å². The number of thiophene rings is 1. The van der Waals surface area contributed by atoms with Gasteiger partial charge < -0.3 is 19.5 Å². The molecule has 0 unspecified atom stereocenters. The Kier molecular flexibility index (Phi) is 7.98. The molecule has 1 aliphatic rings. The van der Waals surface area contributed by atoms with Crippen molar-refractivity contribution in [3.8, 4) is 0 Å². The molecule has 0 aliphatic carbocycles. The number of aryl methyl sites for hydroxylation is 1. The van der Waals surface area contributed by atoms with Crippen LogP contribution >= 0.6 is 11.3 Å². The van der Waals surface area contributed by atoms with Gasteiger partial charge in [0.2, 0.25) is 0 Å². The zero-order valence-electron chi connectivity index (χ0n) is 20.2. The SMILES string of the molecule is COCCN(CC(=O)N1N=C(c2cccs2)C[C@@H]1c1cccn1C)C(=O)Nc1ccc(C(F)(F)F)cc1. The maximum atomic E-state index is 13.5. The standard InChI is InChI=1S/C25H26F3N5O3S/c1-31-11-3-5-20(31)21-15-19(22-6-4-14-37-22)30-33(21)23(34)16-32(12-13-36-2)24(35)29-18-9-7-17(8-10-18)25(26,27)28/h3-11,14,21H,12-13,15-16H2,1-2H3,(H,29,35)/t21-/m1/s1. The van der Waals surface area contributed by atoms with Gasteiger partial charge in [0, 0.05) is 44.7 Å². The number of alkyl halides is 3. The summed E-state index contributed by atoms with van der Waals surface area (Å²) in [7, 11) is 3.36. The monoisotopic (exact) mass is 533 g/mol. The fourth-order valence-corrected chi connectivity index (χ4v) is 4.74. The lowest BCUT2D eigenvalue weighted by Crippen LogP contribution is -2.44. The molecule has 3 amide bonds. The van der Waals surface area contributed by atoms with E-state index in [4.69, 9.17) is 4.74 Å². The van der Waals surface area contributed by atoms with Crippen LogP contribution < -0.4 is 5.32 Å². The molecule has 8 nitrogen and oxygen atoms in total. The molecular weight excluding hydrogens is 507 g/mol. The van der Waals surface area contributed by atoms with Crippen molar-refractivity contribution in [2.24, 2.45) is 12.1 Å². The Morgan fingerprint density at radius 2 is 1.95 bits per heavy atom. The first-order valence-corrected chi connectivity index (χ1v) is 12.3. The van der Waals surface area contributed by atoms with Crippen molar-refractivity contribution in [1.29, 1.82) is 0 Å². The van der Waals surface area contributed by atoms with Crippen molar-refractivity contribution in [3.05, 3.63) is 76.2 Å². The van der Waals surface area contributed by atoms with Crippen LogP contribution in [0.5, 0.6) is 0 Å². The molecule has 1 atom stereocenters. The topological polar surface area (TPSA) is 79.2 Å². The van der Waals surface area contributed by atoms with Crippen LogP contribution in [0.1, 0.15) is 28.6 Å². The van der Waals surface area contributed by atoms with Crippen molar-refractivity contribution in [1.82, 2.24) is 14.5 Å². The Morgan fingerprint density at radius 3 is 2.54 bits per heavy atom. The Labute approximate surface area is 215 Å². The zero-order chi connectivity index (χ0) is 26.6. The number of nitrogens with zero attached hydrogens (tertiary/aromatic N) is 4. The first-order chi connectivity index (χ1) is 17.7. The summed E-state index contributed by atoms with van der Waals surface area (Å²) in [5, 5.41) is 10.5. The number of carbonyl (C=O) groups is 2. The number of carbonyl (C=O) groups excluding carboxylic acids is 2. The quantitative estimate of drug-likeness (QED) is 0.445. The van der Waals surface area contributed by atoms with Crippen LogP contribution in [0.15, 0.2) is 65.2 Å². The van der Waals surface area contributed by atoms with Crippen LogP contribution in [-0.2, 0) is 22.8 Å². The molecular formula is C25H26F3N5O3S. The first-order valence-electron chi connectivity index (χ1n) is 11.4. The van der Waals surface area contributed by atoms with Gasteiger partial charge in [0.05, 0.1) is 22.8 Å². The molecule has 12 heteroatoms. The van der Waals surface area contributed by atoms with E-state index in [0.29, 0.717) is 6.42 Å². The number of hydrogen-bond acceptors (Lipinski definition) is 5. The molecule has 2 aromatic heterocycles. The highest BCUT2D eigenvalue weighted by Crippen LogP contribution is 2.34. The fraction of sp³-hybridized carbons (Fsp3) is 0.320. The smallest absolute Gasteiger partial charge is 0.383 e. The number of urea groups is 1. The van der Waals surface area contributed by atoms with E-state index in [1.807, 2.05) is 47.5 Å². The summed E-state index contributed by atoms with van der Waals surface area (Å²) < 4.78 is 45.6. The molecule has 196 valence electrons. The minimum atomic E-state index is -4.48. The molecule has 0 saturated heterocycles. The summed E-state index contributed by atoms with van der Waals surface area (Å²) in [6, 6.07) is 10.8. The molecule has 0 bridgehead atoms. The van der Waals surface area contributed by atoms with Crippen molar-refractivity contribution in [2.75, 3.05) is 32.1 Å². The van der Waals surface area contributed by atoms with Crippen molar-refractivity contribution >= 4 is 34.7 Å². The summed E-state index contributed by atoms with van der Waals surface area (Å²) in [4.78, 5) is 28.7. The van der Waals surface area contributed by atoms with E-state index in [0.717, 1.165) is 28.4 Å². The number of rotatable bonds is 8. The maximum Gasteiger partial charge on any atom is 0.416 e. The maximum absolute atomic E-state index is 13.5. The third-order valence-corrected chi connectivity index (χ3v) is 6.86. The van der Waals surface area contributed by atoms with Crippen molar-refractivity contribution < 1.29 is 27.5 Å². The fourth-order valence-electron chi connectivity index (χ4n) is 4.02.